The molecule has 1 rings (SSSR count). The van der Waals surface area contributed by atoms with Crippen LogP contribution in [0, 0.1) is 10.1 Å². The summed E-state index contributed by atoms with van der Waals surface area (Å²) in [4.78, 5) is 20.9. The fourth-order valence-corrected chi connectivity index (χ4v) is 2.47. The number of aliphatic carboxylic acids is 1. The van der Waals surface area contributed by atoms with Crippen LogP contribution in [0.2, 0.25) is 0 Å². The standard InChI is InChI=1S/C12H15NO5S/c1-12(2,11(14)15)19(18)8-7-9-3-5-10(6-4-9)13(16)17/h3-6H,7-8H2,1-2H3,(H,14,15). The second kappa shape index (κ2) is 5.92. The largest absolute Gasteiger partial charge is 0.480 e. The number of carboxylic acid groups (broad SMARTS) is 1. The second-order valence-electron chi connectivity index (χ2n) is 4.54. The van der Waals surface area contributed by atoms with E-state index in [2.05, 4.69) is 0 Å². The molecule has 0 saturated carbocycles. The molecule has 0 fully saturated rings. The van der Waals surface area contributed by atoms with Crippen molar-refractivity contribution in [1.29, 1.82) is 0 Å². The summed E-state index contributed by atoms with van der Waals surface area (Å²) < 4.78 is 10.6. The van der Waals surface area contributed by atoms with E-state index in [0.29, 0.717) is 6.42 Å². The average Bonchev–Trinajstić information content (AvgIpc) is 2.36. The maximum absolute atomic E-state index is 11.9. The zero-order valence-corrected chi connectivity index (χ0v) is 11.5. The maximum Gasteiger partial charge on any atom is 0.321 e. The number of carboxylic acids is 1. The van der Waals surface area contributed by atoms with Crippen molar-refractivity contribution in [3.63, 3.8) is 0 Å². The van der Waals surface area contributed by atoms with Crippen molar-refractivity contribution in [2.24, 2.45) is 0 Å². The first kappa shape index (κ1) is 15.3. The van der Waals surface area contributed by atoms with Gasteiger partial charge in [-0.05, 0) is 25.8 Å². The first-order chi connectivity index (χ1) is 8.75. The first-order valence-electron chi connectivity index (χ1n) is 5.60. The topological polar surface area (TPSA) is 97.5 Å². The van der Waals surface area contributed by atoms with Gasteiger partial charge in [-0.25, -0.2) is 0 Å². The summed E-state index contributed by atoms with van der Waals surface area (Å²) in [5, 5.41) is 19.4. The Balaban J connectivity index is 2.65. The number of benzene rings is 1. The maximum atomic E-state index is 11.9. The van der Waals surface area contributed by atoms with E-state index in [1.807, 2.05) is 0 Å². The molecule has 1 aromatic carbocycles. The van der Waals surface area contributed by atoms with Crippen molar-refractivity contribution in [3.05, 3.63) is 39.9 Å². The van der Waals surface area contributed by atoms with Gasteiger partial charge in [-0.2, -0.15) is 0 Å². The van der Waals surface area contributed by atoms with Crippen LogP contribution in [0.1, 0.15) is 19.4 Å². The molecule has 0 radical (unpaired) electrons. The van der Waals surface area contributed by atoms with Crippen molar-refractivity contribution in [1.82, 2.24) is 0 Å². The summed E-state index contributed by atoms with van der Waals surface area (Å²) in [5.41, 5.74) is 0.788. The molecule has 0 bridgehead atoms. The summed E-state index contributed by atoms with van der Waals surface area (Å²) in [6.07, 6.45) is 0.418. The molecule has 6 nitrogen and oxygen atoms in total. The quantitative estimate of drug-likeness (QED) is 0.634. The third kappa shape index (κ3) is 3.85. The molecule has 0 amide bonds. The average molecular weight is 285 g/mol. The molecule has 0 heterocycles. The Hall–Kier alpha value is -1.76. The summed E-state index contributed by atoms with van der Waals surface area (Å²) in [6, 6.07) is 5.92. The van der Waals surface area contributed by atoms with Crippen LogP contribution in [0.25, 0.3) is 0 Å². The Morgan fingerprint density at radius 2 is 1.89 bits per heavy atom. The van der Waals surface area contributed by atoms with Crippen molar-refractivity contribution in [2.45, 2.75) is 25.0 Å². The molecule has 0 aliphatic heterocycles. The van der Waals surface area contributed by atoms with Crippen LogP contribution in [0.3, 0.4) is 0 Å². The van der Waals surface area contributed by atoms with E-state index >= 15 is 0 Å². The van der Waals surface area contributed by atoms with E-state index in [4.69, 9.17) is 5.11 Å². The van der Waals surface area contributed by atoms with Crippen molar-refractivity contribution in [3.8, 4) is 0 Å². The van der Waals surface area contributed by atoms with Gasteiger partial charge in [0.1, 0.15) is 4.75 Å². The summed E-state index contributed by atoms with van der Waals surface area (Å²) >= 11 is 0. The molecule has 104 valence electrons. The van der Waals surface area contributed by atoms with E-state index in [1.165, 1.54) is 26.0 Å². The molecule has 0 saturated heterocycles. The fourth-order valence-electron chi connectivity index (χ4n) is 1.35. The highest BCUT2D eigenvalue weighted by atomic mass is 32.2. The van der Waals surface area contributed by atoms with Gasteiger partial charge in [-0.3, -0.25) is 19.1 Å². The van der Waals surface area contributed by atoms with Gasteiger partial charge in [0.15, 0.2) is 0 Å². The molecule has 7 heteroatoms. The normalized spacial score (nSPS) is 12.9. The van der Waals surface area contributed by atoms with Crippen LogP contribution in [0.4, 0.5) is 5.69 Å². The van der Waals surface area contributed by atoms with Crippen molar-refractivity contribution >= 4 is 22.5 Å². The predicted octanol–water partition coefficient (Wildman–Crippen LogP) is 1.75. The third-order valence-corrected chi connectivity index (χ3v) is 4.70. The Labute approximate surface area is 113 Å². The van der Waals surface area contributed by atoms with Crippen LogP contribution in [0.15, 0.2) is 24.3 Å². The molecule has 1 unspecified atom stereocenters. The van der Waals surface area contributed by atoms with Gasteiger partial charge < -0.3 is 5.11 Å². The smallest absolute Gasteiger partial charge is 0.321 e. The van der Waals surface area contributed by atoms with Gasteiger partial charge in [0.05, 0.1) is 4.92 Å². The number of non-ortho nitro benzene ring substituents is 1. The van der Waals surface area contributed by atoms with Gasteiger partial charge in [0, 0.05) is 28.7 Å². The van der Waals surface area contributed by atoms with Crippen molar-refractivity contribution < 1.29 is 19.0 Å². The molecule has 0 aliphatic carbocycles. The number of nitro benzene ring substituents is 1. The van der Waals surface area contributed by atoms with Gasteiger partial charge in [-0.1, -0.05) is 12.1 Å². The predicted molar refractivity (Wildman–Crippen MR) is 71.5 cm³/mol. The highest BCUT2D eigenvalue weighted by molar-refractivity contribution is 7.87. The molecule has 0 spiro atoms. The lowest BCUT2D eigenvalue weighted by Crippen LogP contribution is -2.38. The highest BCUT2D eigenvalue weighted by Gasteiger charge is 2.33. The molecule has 1 atom stereocenters. The molecule has 0 aromatic heterocycles. The minimum atomic E-state index is -1.51. The van der Waals surface area contributed by atoms with Gasteiger partial charge in [0.2, 0.25) is 0 Å². The second-order valence-corrected chi connectivity index (χ2v) is 6.66. The van der Waals surface area contributed by atoms with Crippen LogP contribution in [0.5, 0.6) is 0 Å². The summed E-state index contributed by atoms with van der Waals surface area (Å²) in [5.74, 6) is -0.897. The van der Waals surface area contributed by atoms with Crippen LogP contribution >= 0.6 is 0 Å². The number of carbonyl (C=O) groups is 1. The van der Waals surface area contributed by atoms with Gasteiger partial charge in [-0.15, -0.1) is 0 Å². The number of nitrogens with zero attached hydrogens (tertiary/aromatic N) is 1. The number of hydrogen-bond acceptors (Lipinski definition) is 4. The molecule has 0 aliphatic rings. The van der Waals surface area contributed by atoms with Crippen molar-refractivity contribution in [2.75, 3.05) is 5.75 Å². The lowest BCUT2D eigenvalue weighted by molar-refractivity contribution is -0.384. The fraction of sp³-hybridized carbons (Fsp3) is 0.417. The minimum absolute atomic E-state index is 0.00395. The molecule has 1 aromatic rings. The van der Waals surface area contributed by atoms with E-state index in [1.54, 1.807) is 12.1 Å². The number of rotatable bonds is 6. The molecular formula is C12H15NO5S. The Kier molecular flexibility index (Phi) is 4.77. The van der Waals surface area contributed by atoms with Crippen LogP contribution in [-0.4, -0.2) is 30.7 Å². The van der Waals surface area contributed by atoms with Crippen LogP contribution in [-0.2, 0) is 22.0 Å². The number of hydrogen-bond donors (Lipinski definition) is 1. The summed E-state index contributed by atoms with van der Waals surface area (Å²) in [7, 11) is -1.51. The molecule has 1 N–H and O–H groups in total. The van der Waals surface area contributed by atoms with Crippen LogP contribution < -0.4 is 0 Å². The first-order valence-corrected chi connectivity index (χ1v) is 6.92. The van der Waals surface area contributed by atoms with Gasteiger partial charge in [0.25, 0.3) is 5.69 Å². The third-order valence-electron chi connectivity index (χ3n) is 2.81. The Morgan fingerprint density at radius 3 is 2.32 bits per heavy atom. The van der Waals surface area contributed by atoms with E-state index in [-0.39, 0.29) is 11.4 Å². The SMILES string of the molecule is CC(C)(C(=O)O)S(=O)CCc1ccc([N+](=O)[O-])cc1. The Morgan fingerprint density at radius 1 is 1.37 bits per heavy atom. The summed E-state index contributed by atoms with van der Waals surface area (Å²) in [6.45, 7) is 2.84. The molecular weight excluding hydrogens is 270 g/mol. The lowest BCUT2D eigenvalue weighted by atomic mass is 10.1. The highest BCUT2D eigenvalue weighted by Crippen LogP contribution is 2.16. The number of nitro groups is 1. The lowest BCUT2D eigenvalue weighted by Gasteiger charge is -2.18. The van der Waals surface area contributed by atoms with E-state index in [0.717, 1.165) is 5.56 Å². The van der Waals surface area contributed by atoms with Gasteiger partial charge >= 0.3 is 5.97 Å². The van der Waals surface area contributed by atoms with E-state index in [9.17, 15) is 19.1 Å². The monoisotopic (exact) mass is 285 g/mol. The zero-order valence-electron chi connectivity index (χ0n) is 10.7. The minimum Gasteiger partial charge on any atom is -0.480 e. The van der Waals surface area contributed by atoms with E-state index < -0.39 is 26.4 Å². The zero-order chi connectivity index (χ0) is 14.6. The Bertz CT molecular complexity index is 509. The number of aryl methyl sites for hydroxylation is 1. The molecule has 19 heavy (non-hydrogen) atoms.